The minimum absolute atomic E-state index is 0.108. The Hall–Kier alpha value is -1.86. The molecule has 7 heteroatoms. The molecule has 1 aromatic carbocycles. The summed E-state index contributed by atoms with van der Waals surface area (Å²) in [5, 5.41) is 3.82. The van der Waals surface area contributed by atoms with Crippen molar-refractivity contribution in [1.29, 1.82) is 0 Å². The Labute approximate surface area is 165 Å². The van der Waals surface area contributed by atoms with Crippen molar-refractivity contribution in [2.45, 2.75) is 30.8 Å². The number of nitrogens with zero attached hydrogens (tertiary/aromatic N) is 2. The van der Waals surface area contributed by atoms with E-state index in [-0.39, 0.29) is 11.8 Å². The van der Waals surface area contributed by atoms with Gasteiger partial charge in [-0.2, -0.15) is 0 Å². The normalized spacial score (nSPS) is 16.5. The third kappa shape index (κ3) is 4.45. The van der Waals surface area contributed by atoms with Gasteiger partial charge in [0.15, 0.2) is 0 Å². The lowest BCUT2D eigenvalue weighted by Gasteiger charge is -2.24. The van der Waals surface area contributed by atoms with Crippen LogP contribution in [0, 0.1) is 0 Å². The van der Waals surface area contributed by atoms with Crippen molar-refractivity contribution in [3.63, 3.8) is 0 Å². The second-order valence-electron chi connectivity index (χ2n) is 5.97. The molecule has 1 aliphatic rings. The van der Waals surface area contributed by atoms with Gasteiger partial charge >= 0.3 is 0 Å². The monoisotopic (exact) mass is 433 g/mol. The maximum absolute atomic E-state index is 12.8. The minimum atomic E-state index is -0.448. The molecule has 1 aliphatic heterocycles. The number of amides is 2. The predicted octanol–water partition coefficient (Wildman–Crippen LogP) is 4.20. The number of anilines is 1. The number of halogens is 1. The van der Waals surface area contributed by atoms with E-state index in [4.69, 9.17) is 0 Å². The molecule has 1 atom stereocenters. The van der Waals surface area contributed by atoms with Crippen molar-refractivity contribution in [3.05, 3.63) is 52.6 Å². The Morgan fingerprint density at radius 3 is 2.69 bits per heavy atom. The van der Waals surface area contributed by atoms with E-state index >= 15 is 0 Å². The molecule has 136 valence electrons. The Balaban J connectivity index is 1.67. The fraction of sp³-hybridized carbons (Fsp3) is 0.316. The van der Waals surface area contributed by atoms with E-state index < -0.39 is 6.04 Å². The van der Waals surface area contributed by atoms with Gasteiger partial charge in [0.05, 0.1) is 16.9 Å². The molecule has 1 saturated heterocycles. The van der Waals surface area contributed by atoms with Gasteiger partial charge in [0.2, 0.25) is 5.91 Å². The average Bonchev–Trinajstić information content (AvgIpc) is 3.13. The van der Waals surface area contributed by atoms with E-state index in [1.165, 1.54) is 0 Å². The summed E-state index contributed by atoms with van der Waals surface area (Å²) < 4.78 is 0.918. The molecule has 1 aromatic heterocycles. The number of carbonyl (C=O) groups is 2. The molecule has 1 fully saturated rings. The molecule has 0 aliphatic carbocycles. The van der Waals surface area contributed by atoms with Gasteiger partial charge in [0.25, 0.3) is 5.91 Å². The lowest BCUT2D eigenvalue weighted by atomic mass is 10.1. The molecule has 1 unspecified atom stereocenters. The average molecular weight is 434 g/mol. The van der Waals surface area contributed by atoms with Gasteiger partial charge in [0.1, 0.15) is 6.04 Å². The largest absolute Gasteiger partial charge is 0.327 e. The zero-order valence-electron chi connectivity index (χ0n) is 14.4. The van der Waals surface area contributed by atoms with Gasteiger partial charge in [-0.1, -0.05) is 22.9 Å². The molecule has 0 spiro atoms. The number of likely N-dealkylation sites (tertiary alicyclic amines) is 1. The highest BCUT2D eigenvalue weighted by Gasteiger charge is 2.34. The van der Waals surface area contributed by atoms with Crippen molar-refractivity contribution in [2.75, 3.05) is 17.6 Å². The van der Waals surface area contributed by atoms with E-state index in [9.17, 15) is 9.59 Å². The van der Waals surface area contributed by atoms with Gasteiger partial charge in [-0.15, -0.1) is 11.8 Å². The Morgan fingerprint density at radius 2 is 2.04 bits per heavy atom. The van der Waals surface area contributed by atoms with Crippen LogP contribution in [0.5, 0.6) is 0 Å². The molecule has 2 amide bonds. The zero-order valence-corrected chi connectivity index (χ0v) is 16.8. The Bertz CT molecular complexity index is 780. The highest BCUT2D eigenvalue weighted by molar-refractivity contribution is 9.10. The summed E-state index contributed by atoms with van der Waals surface area (Å²) in [6.07, 6.45) is 3.15. The molecular formula is C19H20BrN3O2S. The SMILES string of the molecule is CCSc1ccc(NC(=O)C2CCCN2C(=O)c2ccc(Br)cc2)cn1. The van der Waals surface area contributed by atoms with E-state index in [0.717, 1.165) is 21.7 Å². The number of carbonyl (C=O) groups excluding carboxylic acids is 2. The predicted molar refractivity (Wildman–Crippen MR) is 107 cm³/mol. The van der Waals surface area contributed by atoms with Crippen LogP contribution in [0.15, 0.2) is 52.1 Å². The smallest absolute Gasteiger partial charge is 0.254 e. The van der Waals surface area contributed by atoms with Crippen LogP contribution in [-0.2, 0) is 4.79 Å². The fourth-order valence-corrected chi connectivity index (χ4v) is 3.81. The van der Waals surface area contributed by atoms with Gasteiger partial charge < -0.3 is 10.2 Å². The highest BCUT2D eigenvalue weighted by Crippen LogP contribution is 2.23. The number of rotatable bonds is 5. The van der Waals surface area contributed by atoms with Crippen molar-refractivity contribution >= 4 is 45.2 Å². The molecule has 2 heterocycles. The summed E-state index contributed by atoms with van der Waals surface area (Å²) >= 11 is 5.02. The second kappa shape index (κ2) is 8.68. The Kier molecular flexibility index (Phi) is 6.32. The fourth-order valence-electron chi connectivity index (χ4n) is 2.95. The van der Waals surface area contributed by atoms with Crippen molar-refractivity contribution in [1.82, 2.24) is 9.88 Å². The van der Waals surface area contributed by atoms with Crippen molar-refractivity contribution < 1.29 is 9.59 Å². The molecule has 0 radical (unpaired) electrons. The summed E-state index contributed by atoms with van der Waals surface area (Å²) in [6.45, 7) is 2.66. The first kappa shape index (κ1) is 18.9. The zero-order chi connectivity index (χ0) is 18.5. The van der Waals surface area contributed by atoms with Gasteiger partial charge in [-0.25, -0.2) is 4.98 Å². The molecular weight excluding hydrogens is 414 g/mol. The van der Waals surface area contributed by atoms with Crippen LogP contribution >= 0.6 is 27.7 Å². The third-order valence-corrected chi connectivity index (χ3v) is 5.56. The topological polar surface area (TPSA) is 62.3 Å². The summed E-state index contributed by atoms with van der Waals surface area (Å²) in [6, 6.07) is 10.5. The first-order chi connectivity index (χ1) is 12.6. The van der Waals surface area contributed by atoms with E-state index in [0.29, 0.717) is 24.2 Å². The number of thioether (sulfide) groups is 1. The lowest BCUT2D eigenvalue weighted by molar-refractivity contribution is -0.119. The standard InChI is InChI=1S/C19H20BrN3O2S/c1-2-26-17-10-9-15(12-21-17)22-18(24)16-4-3-11-23(16)19(25)13-5-7-14(20)8-6-13/h5-10,12,16H,2-4,11H2,1H3,(H,22,24). The van der Waals surface area contributed by atoms with Gasteiger partial charge in [0, 0.05) is 16.6 Å². The van der Waals surface area contributed by atoms with Gasteiger partial charge in [-0.05, 0) is 55.0 Å². The summed E-state index contributed by atoms with van der Waals surface area (Å²) in [5.41, 5.74) is 1.24. The second-order valence-corrected chi connectivity index (χ2v) is 8.17. The van der Waals surface area contributed by atoms with Crippen LogP contribution in [0.1, 0.15) is 30.1 Å². The third-order valence-electron chi connectivity index (χ3n) is 4.20. The van der Waals surface area contributed by atoms with Crippen LogP contribution in [0.3, 0.4) is 0 Å². The van der Waals surface area contributed by atoms with Crippen LogP contribution in [0.25, 0.3) is 0 Å². The maximum atomic E-state index is 12.8. The highest BCUT2D eigenvalue weighted by atomic mass is 79.9. The van der Waals surface area contributed by atoms with Crippen LogP contribution in [-0.4, -0.2) is 40.0 Å². The lowest BCUT2D eigenvalue weighted by Crippen LogP contribution is -2.43. The summed E-state index contributed by atoms with van der Waals surface area (Å²) in [5.74, 6) is 0.682. The van der Waals surface area contributed by atoms with Crippen LogP contribution in [0.4, 0.5) is 5.69 Å². The van der Waals surface area contributed by atoms with E-state index in [1.54, 1.807) is 35.0 Å². The van der Waals surface area contributed by atoms with E-state index in [2.05, 4.69) is 33.2 Å². The maximum Gasteiger partial charge on any atom is 0.254 e. The van der Waals surface area contributed by atoms with E-state index in [1.807, 2.05) is 24.3 Å². The number of hydrogen-bond donors (Lipinski definition) is 1. The number of aromatic nitrogens is 1. The summed E-state index contributed by atoms with van der Waals surface area (Å²) in [7, 11) is 0. The van der Waals surface area contributed by atoms with Gasteiger partial charge in [-0.3, -0.25) is 9.59 Å². The molecule has 0 saturated carbocycles. The summed E-state index contributed by atoms with van der Waals surface area (Å²) in [4.78, 5) is 31.4. The number of hydrogen-bond acceptors (Lipinski definition) is 4. The van der Waals surface area contributed by atoms with Crippen molar-refractivity contribution in [3.8, 4) is 0 Å². The molecule has 1 N–H and O–H groups in total. The van der Waals surface area contributed by atoms with Crippen LogP contribution < -0.4 is 5.32 Å². The van der Waals surface area contributed by atoms with Crippen molar-refractivity contribution in [2.24, 2.45) is 0 Å². The molecule has 0 bridgehead atoms. The molecule has 26 heavy (non-hydrogen) atoms. The minimum Gasteiger partial charge on any atom is -0.327 e. The van der Waals surface area contributed by atoms with Crippen LogP contribution in [0.2, 0.25) is 0 Å². The first-order valence-electron chi connectivity index (χ1n) is 8.54. The Morgan fingerprint density at radius 1 is 1.27 bits per heavy atom. The molecule has 3 rings (SSSR count). The number of benzene rings is 1. The molecule has 5 nitrogen and oxygen atoms in total. The first-order valence-corrected chi connectivity index (χ1v) is 10.3. The number of pyridine rings is 1. The quantitative estimate of drug-likeness (QED) is 0.717. The molecule has 2 aromatic rings. The number of nitrogens with one attached hydrogen (secondary N) is 1.